The molecule has 1 aromatic carbocycles. The summed E-state index contributed by atoms with van der Waals surface area (Å²) >= 11 is 0. The molecule has 0 aliphatic heterocycles. The summed E-state index contributed by atoms with van der Waals surface area (Å²) in [5.74, 6) is -0.323. The molecule has 27 heavy (non-hydrogen) atoms. The van der Waals surface area contributed by atoms with Gasteiger partial charge in [0, 0.05) is 6.04 Å². The van der Waals surface area contributed by atoms with E-state index in [1.165, 1.54) is 6.92 Å². The Hall–Kier alpha value is -3.07. The Morgan fingerprint density at radius 2 is 1.96 bits per heavy atom. The number of carbonyl (C=O) groups excluding carboxylic acids is 1. The van der Waals surface area contributed by atoms with Crippen molar-refractivity contribution in [2.75, 3.05) is 6.61 Å². The lowest BCUT2D eigenvalue weighted by molar-refractivity contribution is 0.0915. The van der Waals surface area contributed by atoms with Crippen LogP contribution in [-0.2, 0) is 0 Å². The van der Waals surface area contributed by atoms with E-state index in [1.54, 1.807) is 13.0 Å². The number of hydrogen-bond donors (Lipinski definition) is 1. The van der Waals surface area contributed by atoms with Crippen molar-refractivity contribution in [3.63, 3.8) is 0 Å². The van der Waals surface area contributed by atoms with Crippen molar-refractivity contribution >= 4 is 5.78 Å². The van der Waals surface area contributed by atoms with E-state index in [1.807, 2.05) is 39.0 Å². The van der Waals surface area contributed by atoms with E-state index in [0.29, 0.717) is 12.2 Å². The standard InChI is InChI=1S/C21H24N2O4/c1-6-13(3)23-20(25)16(10-22)15(5)19(21(23)26)17(24)11-27-18-9-7-8-12(2)14(18)4/h7-9,13,26H,6,11H2,1-5H3. The molecule has 1 unspecified atom stereocenters. The molecule has 1 atom stereocenters. The van der Waals surface area contributed by atoms with Crippen molar-refractivity contribution in [1.29, 1.82) is 5.26 Å². The summed E-state index contributed by atoms with van der Waals surface area (Å²) in [6, 6.07) is 7.06. The maximum Gasteiger partial charge on any atom is 0.271 e. The summed E-state index contributed by atoms with van der Waals surface area (Å²) in [4.78, 5) is 25.3. The molecule has 1 N–H and O–H groups in total. The molecule has 0 bridgehead atoms. The Morgan fingerprint density at radius 3 is 2.56 bits per heavy atom. The molecular weight excluding hydrogens is 344 g/mol. The van der Waals surface area contributed by atoms with Gasteiger partial charge in [-0.15, -0.1) is 0 Å². The predicted molar refractivity (Wildman–Crippen MR) is 103 cm³/mol. The van der Waals surface area contributed by atoms with Crippen LogP contribution in [-0.4, -0.2) is 22.1 Å². The highest BCUT2D eigenvalue weighted by molar-refractivity contribution is 6.01. The van der Waals surface area contributed by atoms with Crippen LogP contribution < -0.4 is 10.3 Å². The van der Waals surface area contributed by atoms with Crippen LogP contribution >= 0.6 is 0 Å². The molecular formula is C21H24N2O4. The largest absolute Gasteiger partial charge is 0.494 e. The fourth-order valence-corrected chi connectivity index (χ4v) is 2.94. The number of ketones is 1. The Balaban J connectivity index is 2.48. The van der Waals surface area contributed by atoms with Gasteiger partial charge in [0.15, 0.2) is 6.61 Å². The minimum atomic E-state index is -0.589. The van der Waals surface area contributed by atoms with Gasteiger partial charge in [-0.25, -0.2) is 0 Å². The van der Waals surface area contributed by atoms with Gasteiger partial charge in [-0.05, 0) is 56.9 Å². The van der Waals surface area contributed by atoms with Crippen LogP contribution in [0.1, 0.15) is 58.9 Å². The predicted octanol–water partition coefficient (Wildman–Crippen LogP) is 3.58. The number of benzene rings is 1. The Bertz CT molecular complexity index is 983. The van der Waals surface area contributed by atoms with E-state index < -0.39 is 17.2 Å². The normalized spacial score (nSPS) is 11.7. The third kappa shape index (κ3) is 3.72. The maximum absolute atomic E-state index is 12.8. The fraction of sp³-hybridized carbons (Fsp3) is 0.381. The van der Waals surface area contributed by atoms with Gasteiger partial charge in [-0.3, -0.25) is 14.2 Å². The zero-order valence-corrected chi connectivity index (χ0v) is 16.3. The molecule has 0 aliphatic rings. The first-order valence-corrected chi connectivity index (χ1v) is 8.84. The number of ether oxygens (including phenoxy) is 1. The molecule has 0 aliphatic carbocycles. The van der Waals surface area contributed by atoms with Crippen molar-refractivity contribution in [3.8, 4) is 17.7 Å². The van der Waals surface area contributed by atoms with E-state index in [0.717, 1.165) is 15.7 Å². The molecule has 0 saturated carbocycles. The molecule has 2 aromatic rings. The summed E-state index contributed by atoms with van der Waals surface area (Å²) in [5.41, 5.74) is 1.37. The van der Waals surface area contributed by atoms with Gasteiger partial charge < -0.3 is 9.84 Å². The smallest absolute Gasteiger partial charge is 0.271 e. The van der Waals surface area contributed by atoms with Gasteiger partial charge >= 0.3 is 0 Å². The summed E-state index contributed by atoms with van der Waals surface area (Å²) < 4.78 is 6.75. The fourth-order valence-electron chi connectivity index (χ4n) is 2.94. The molecule has 0 fully saturated rings. The number of nitriles is 1. The molecule has 0 saturated heterocycles. The highest BCUT2D eigenvalue weighted by atomic mass is 16.5. The van der Waals surface area contributed by atoms with Crippen LogP contribution in [0.4, 0.5) is 0 Å². The molecule has 1 aromatic heterocycles. The topological polar surface area (TPSA) is 92.3 Å². The van der Waals surface area contributed by atoms with Gasteiger partial charge in [0.1, 0.15) is 17.4 Å². The van der Waals surface area contributed by atoms with Crippen LogP contribution in [0.3, 0.4) is 0 Å². The van der Waals surface area contributed by atoms with Crippen molar-refractivity contribution in [1.82, 2.24) is 4.57 Å². The van der Waals surface area contributed by atoms with Crippen LogP contribution in [0.15, 0.2) is 23.0 Å². The Morgan fingerprint density at radius 1 is 1.30 bits per heavy atom. The highest BCUT2D eigenvalue weighted by Gasteiger charge is 2.26. The van der Waals surface area contributed by atoms with E-state index in [9.17, 15) is 20.0 Å². The molecule has 6 heteroatoms. The molecule has 2 rings (SSSR count). The molecule has 1 heterocycles. The number of hydrogen-bond acceptors (Lipinski definition) is 5. The van der Waals surface area contributed by atoms with Crippen LogP contribution in [0.2, 0.25) is 0 Å². The summed E-state index contributed by atoms with van der Waals surface area (Å²) in [6.45, 7) is 8.63. The van der Waals surface area contributed by atoms with E-state index in [-0.39, 0.29) is 29.3 Å². The quantitative estimate of drug-likeness (QED) is 0.787. The zero-order valence-electron chi connectivity index (χ0n) is 16.3. The summed E-state index contributed by atoms with van der Waals surface area (Å²) in [6.07, 6.45) is 0.564. The number of Topliss-reactive ketones (excluding diaryl/α,β-unsaturated/α-hetero) is 1. The van der Waals surface area contributed by atoms with Crippen LogP contribution in [0.5, 0.6) is 11.6 Å². The van der Waals surface area contributed by atoms with E-state index in [2.05, 4.69) is 0 Å². The number of nitrogens with zero attached hydrogens (tertiary/aromatic N) is 2. The lowest BCUT2D eigenvalue weighted by atomic mass is 10.0. The SMILES string of the molecule is CCC(C)n1c(O)c(C(=O)COc2cccc(C)c2C)c(C)c(C#N)c1=O. The molecule has 142 valence electrons. The van der Waals surface area contributed by atoms with Gasteiger partial charge in [0.2, 0.25) is 11.7 Å². The third-order valence-corrected chi connectivity index (χ3v) is 4.97. The van der Waals surface area contributed by atoms with Crippen LogP contribution in [0, 0.1) is 32.1 Å². The van der Waals surface area contributed by atoms with Crippen molar-refractivity contribution in [2.45, 2.75) is 47.1 Å². The second kappa shape index (κ2) is 8.09. The monoisotopic (exact) mass is 368 g/mol. The number of aromatic hydroxyl groups is 1. The van der Waals surface area contributed by atoms with Gasteiger partial charge in [-0.1, -0.05) is 19.1 Å². The highest BCUT2D eigenvalue weighted by Crippen LogP contribution is 2.27. The zero-order chi connectivity index (χ0) is 20.3. The van der Waals surface area contributed by atoms with Crippen molar-refractivity contribution in [3.05, 3.63) is 56.4 Å². The number of aryl methyl sites for hydroxylation is 1. The Labute approximate surface area is 158 Å². The Kier molecular flexibility index (Phi) is 6.06. The third-order valence-electron chi connectivity index (χ3n) is 4.97. The maximum atomic E-state index is 12.8. The lowest BCUT2D eigenvalue weighted by Crippen LogP contribution is -2.29. The molecule has 0 amide bonds. The van der Waals surface area contributed by atoms with Gasteiger partial charge in [-0.2, -0.15) is 5.26 Å². The lowest BCUT2D eigenvalue weighted by Gasteiger charge is -2.20. The van der Waals surface area contributed by atoms with Crippen LogP contribution in [0.25, 0.3) is 0 Å². The molecule has 0 radical (unpaired) electrons. The first kappa shape index (κ1) is 20.2. The van der Waals surface area contributed by atoms with Crippen molar-refractivity contribution < 1.29 is 14.6 Å². The summed E-state index contributed by atoms with van der Waals surface area (Å²) in [5, 5.41) is 20.0. The van der Waals surface area contributed by atoms with Gasteiger partial charge in [0.25, 0.3) is 5.56 Å². The van der Waals surface area contributed by atoms with E-state index >= 15 is 0 Å². The average molecular weight is 368 g/mol. The number of rotatable bonds is 6. The minimum Gasteiger partial charge on any atom is -0.494 e. The second-order valence-corrected chi connectivity index (χ2v) is 6.65. The average Bonchev–Trinajstić information content (AvgIpc) is 2.63. The number of pyridine rings is 1. The first-order valence-electron chi connectivity index (χ1n) is 8.84. The van der Waals surface area contributed by atoms with Gasteiger partial charge in [0.05, 0.1) is 5.56 Å². The number of carbonyl (C=O) groups is 1. The van der Waals surface area contributed by atoms with E-state index in [4.69, 9.17) is 4.74 Å². The van der Waals surface area contributed by atoms with Crippen molar-refractivity contribution in [2.24, 2.45) is 0 Å². The molecule has 6 nitrogen and oxygen atoms in total. The second-order valence-electron chi connectivity index (χ2n) is 6.65. The molecule has 0 spiro atoms. The minimum absolute atomic E-state index is 0.0447. The first-order chi connectivity index (χ1) is 12.7. The summed E-state index contributed by atoms with van der Waals surface area (Å²) in [7, 11) is 0. The number of aromatic nitrogens is 1.